The Morgan fingerprint density at radius 3 is 2.41 bits per heavy atom. The van der Waals surface area contributed by atoms with E-state index in [9.17, 15) is 28.0 Å². The largest absolute Gasteiger partial charge is 0.460 e. The Labute approximate surface area is 230 Å². The van der Waals surface area contributed by atoms with E-state index in [1.54, 1.807) is 4.57 Å². The smallest absolute Gasteiger partial charge is 0.306 e. The number of fused-ring (bicyclic) bond motifs is 1. The van der Waals surface area contributed by atoms with Gasteiger partial charge >= 0.3 is 5.97 Å². The number of halogens is 3. The molecule has 2 N–H and O–H groups in total. The van der Waals surface area contributed by atoms with Gasteiger partial charge in [0.1, 0.15) is 11.3 Å². The fourth-order valence-corrected chi connectivity index (χ4v) is 5.64. The average Bonchev–Trinajstić information content (AvgIpc) is 3.40. The van der Waals surface area contributed by atoms with Gasteiger partial charge in [0, 0.05) is 36.5 Å². The van der Waals surface area contributed by atoms with E-state index in [4.69, 9.17) is 16.3 Å². The summed E-state index contributed by atoms with van der Waals surface area (Å²) in [4.78, 5) is 51.3. The monoisotopic (exact) mass is 563 g/mol. The van der Waals surface area contributed by atoms with Crippen molar-refractivity contribution >= 4 is 40.9 Å². The van der Waals surface area contributed by atoms with Crippen LogP contribution in [0, 0.1) is 17.6 Å². The molecular weight excluding hydrogens is 532 g/mol. The number of aromatic nitrogens is 1. The van der Waals surface area contributed by atoms with Crippen molar-refractivity contribution in [2.45, 2.75) is 83.9 Å². The van der Waals surface area contributed by atoms with E-state index in [1.165, 1.54) is 6.07 Å². The number of carbonyl (C=O) groups excluding carboxylic acids is 4. The van der Waals surface area contributed by atoms with Crippen LogP contribution in [0.5, 0.6) is 0 Å². The summed E-state index contributed by atoms with van der Waals surface area (Å²) in [7, 11) is 0. The number of ketones is 1. The first-order chi connectivity index (χ1) is 18.3. The van der Waals surface area contributed by atoms with Gasteiger partial charge in [0.05, 0.1) is 10.6 Å². The van der Waals surface area contributed by atoms with Gasteiger partial charge < -0.3 is 19.9 Å². The van der Waals surface area contributed by atoms with Gasteiger partial charge in [-0.05, 0) is 77.3 Å². The molecule has 2 heterocycles. The molecule has 2 amide bonds. The summed E-state index contributed by atoms with van der Waals surface area (Å²) in [5.74, 6) is -4.59. The van der Waals surface area contributed by atoms with Crippen LogP contribution in [0.2, 0.25) is 5.02 Å². The molecule has 0 atom stereocenters. The predicted molar refractivity (Wildman–Crippen MR) is 141 cm³/mol. The maximum absolute atomic E-state index is 13.6. The van der Waals surface area contributed by atoms with Crippen molar-refractivity contribution < 1.29 is 32.7 Å². The zero-order valence-electron chi connectivity index (χ0n) is 22.2. The summed E-state index contributed by atoms with van der Waals surface area (Å²) in [6.45, 7) is 5.88. The number of rotatable bonds is 7. The van der Waals surface area contributed by atoms with Crippen LogP contribution >= 0.6 is 11.6 Å². The fourth-order valence-electron chi connectivity index (χ4n) is 5.25. The zero-order chi connectivity index (χ0) is 28.5. The molecular formula is C28H32ClF2N3O5. The van der Waals surface area contributed by atoms with Crippen molar-refractivity contribution in [2.24, 2.45) is 5.92 Å². The topological polar surface area (TPSA) is 106 Å². The first-order valence-electron chi connectivity index (χ1n) is 13.1. The lowest BCUT2D eigenvalue weighted by atomic mass is 9.84. The molecule has 39 heavy (non-hydrogen) atoms. The average molecular weight is 564 g/mol. The van der Waals surface area contributed by atoms with Gasteiger partial charge in [-0.2, -0.15) is 0 Å². The van der Waals surface area contributed by atoms with Gasteiger partial charge in [0.15, 0.2) is 11.6 Å². The number of hydrogen-bond donors (Lipinski definition) is 2. The summed E-state index contributed by atoms with van der Waals surface area (Å²) in [5.41, 5.74) is -0.0180. The van der Waals surface area contributed by atoms with Crippen molar-refractivity contribution in [3.63, 3.8) is 0 Å². The fraction of sp³-hybridized carbons (Fsp3) is 0.500. The van der Waals surface area contributed by atoms with Crippen LogP contribution in [0.25, 0.3) is 0 Å². The molecule has 1 aliphatic heterocycles. The quantitative estimate of drug-likeness (QED) is 0.273. The molecule has 11 heteroatoms. The summed E-state index contributed by atoms with van der Waals surface area (Å²) in [5, 5.41) is 5.12. The number of esters is 1. The number of nitrogens with one attached hydrogen (secondary N) is 2. The number of benzene rings is 1. The molecule has 2 aliphatic rings. The highest BCUT2D eigenvalue weighted by Gasteiger charge is 2.35. The van der Waals surface area contributed by atoms with Crippen LogP contribution in [0.1, 0.15) is 85.8 Å². The molecule has 0 bridgehead atoms. The third-order valence-corrected chi connectivity index (χ3v) is 7.36. The van der Waals surface area contributed by atoms with E-state index in [0.717, 1.165) is 12.1 Å². The summed E-state index contributed by atoms with van der Waals surface area (Å²) in [6.07, 6.45) is 4.11. The number of Topliss-reactive ketones (excluding diaryl/α,β-unsaturated/α-hetero) is 1. The highest BCUT2D eigenvalue weighted by atomic mass is 35.5. The summed E-state index contributed by atoms with van der Waals surface area (Å²) >= 11 is 6.50. The van der Waals surface area contributed by atoms with Crippen LogP contribution in [0.15, 0.2) is 18.2 Å². The van der Waals surface area contributed by atoms with E-state index < -0.39 is 34.8 Å². The molecule has 0 unspecified atom stereocenters. The predicted octanol–water partition coefficient (Wildman–Crippen LogP) is 5.21. The van der Waals surface area contributed by atoms with E-state index in [1.807, 2.05) is 20.8 Å². The van der Waals surface area contributed by atoms with E-state index in [0.29, 0.717) is 57.2 Å². The third-order valence-electron chi connectivity index (χ3n) is 6.99. The Morgan fingerprint density at radius 1 is 1.08 bits per heavy atom. The van der Waals surface area contributed by atoms with E-state index in [-0.39, 0.29) is 39.9 Å². The maximum Gasteiger partial charge on any atom is 0.306 e. The second-order valence-corrected chi connectivity index (χ2v) is 11.5. The van der Waals surface area contributed by atoms with E-state index >= 15 is 0 Å². The Kier molecular flexibility index (Phi) is 8.44. The third kappa shape index (κ3) is 6.66. The van der Waals surface area contributed by atoms with Crippen LogP contribution in [0.4, 0.5) is 14.5 Å². The lowest BCUT2D eigenvalue weighted by molar-refractivity contribution is -0.156. The lowest BCUT2D eigenvalue weighted by Crippen LogP contribution is -2.42. The number of hydrogen-bond acceptors (Lipinski definition) is 5. The number of carbonyl (C=O) groups is 4. The number of amides is 2. The first-order valence-corrected chi connectivity index (χ1v) is 13.5. The second kappa shape index (κ2) is 11.5. The molecule has 8 nitrogen and oxygen atoms in total. The highest BCUT2D eigenvalue weighted by molar-refractivity contribution is 6.48. The molecule has 1 aliphatic carbocycles. The van der Waals surface area contributed by atoms with Crippen molar-refractivity contribution in [3.05, 3.63) is 51.8 Å². The van der Waals surface area contributed by atoms with Gasteiger partial charge in [-0.3, -0.25) is 19.2 Å². The SMILES string of the molecule is CC(C)(C)OC(=O)C[C@H]1CC[C@@H](NC(=O)C(=O)c2c(Cl)c(C(=O)Nc3ccc(F)c(F)c3)c3n2CCC3)CC1. The molecule has 2 aromatic rings. The van der Waals surface area contributed by atoms with Gasteiger partial charge in [-0.1, -0.05) is 11.6 Å². The van der Waals surface area contributed by atoms with Crippen LogP contribution in [-0.4, -0.2) is 39.8 Å². The van der Waals surface area contributed by atoms with Crippen molar-refractivity contribution in [1.29, 1.82) is 0 Å². The van der Waals surface area contributed by atoms with Gasteiger partial charge in [-0.15, -0.1) is 0 Å². The second-order valence-electron chi connectivity index (χ2n) is 11.1. The van der Waals surface area contributed by atoms with E-state index in [2.05, 4.69) is 10.6 Å². The van der Waals surface area contributed by atoms with Gasteiger partial charge in [0.25, 0.3) is 17.6 Å². The number of anilines is 1. The van der Waals surface area contributed by atoms with Crippen molar-refractivity contribution in [3.8, 4) is 0 Å². The minimum Gasteiger partial charge on any atom is -0.460 e. The van der Waals surface area contributed by atoms with Crippen LogP contribution in [-0.2, 0) is 27.3 Å². The van der Waals surface area contributed by atoms with Gasteiger partial charge in [-0.25, -0.2) is 8.78 Å². The minimum absolute atomic E-state index is 0.0285. The molecule has 1 aromatic carbocycles. The first kappa shape index (κ1) is 28.7. The number of nitrogens with zero attached hydrogens (tertiary/aromatic N) is 1. The molecule has 210 valence electrons. The summed E-state index contributed by atoms with van der Waals surface area (Å²) < 4.78 is 33.8. The maximum atomic E-state index is 13.6. The summed E-state index contributed by atoms with van der Waals surface area (Å²) in [6, 6.07) is 2.72. The number of ether oxygens (including phenoxy) is 1. The Morgan fingerprint density at radius 2 is 1.77 bits per heavy atom. The highest BCUT2D eigenvalue weighted by Crippen LogP contribution is 2.34. The van der Waals surface area contributed by atoms with Crippen molar-refractivity contribution in [1.82, 2.24) is 9.88 Å². The zero-order valence-corrected chi connectivity index (χ0v) is 22.9. The molecule has 1 aromatic heterocycles. The Balaban J connectivity index is 1.41. The van der Waals surface area contributed by atoms with Gasteiger partial charge in [0.2, 0.25) is 0 Å². The standard InChI is InChI=1S/C28H32ClF2N3O5/c1-28(2,3)39-21(35)13-15-6-8-16(9-7-15)32-27(38)25(36)24-23(29)22(20-5-4-12-34(20)24)26(37)33-17-10-11-18(30)19(31)14-17/h10-11,14-16H,4-9,12-13H2,1-3H3,(H,32,38)(H,33,37)/t15-,16+. The Hall–Kier alpha value is -3.27. The molecule has 0 spiro atoms. The normalized spacial score (nSPS) is 18.8. The van der Waals surface area contributed by atoms with Crippen LogP contribution < -0.4 is 10.6 Å². The molecule has 4 rings (SSSR count). The molecule has 1 saturated carbocycles. The molecule has 0 saturated heterocycles. The molecule has 1 fully saturated rings. The van der Waals surface area contributed by atoms with Crippen LogP contribution in [0.3, 0.4) is 0 Å². The Bertz CT molecular complexity index is 1310. The lowest BCUT2D eigenvalue weighted by Gasteiger charge is -2.29. The minimum atomic E-state index is -1.12. The van der Waals surface area contributed by atoms with Crippen molar-refractivity contribution in [2.75, 3.05) is 5.32 Å². The molecule has 0 radical (unpaired) electrons.